The first-order valence-corrected chi connectivity index (χ1v) is 8.04. The highest BCUT2D eigenvalue weighted by molar-refractivity contribution is 7.89. The van der Waals surface area contributed by atoms with E-state index in [-0.39, 0.29) is 26.1 Å². The normalized spacial score (nSPS) is 33.3. The number of carbonyl (C=O) groups is 2. The maximum absolute atomic E-state index is 11.7. The van der Waals surface area contributed by atoms with Gasteiger partial charge in [0.25, 0.3) is 20.2 Å². The Bertz CT molecular complexity index is 533. The van der Waals surface area contributed by atoms with Gasteiger partial charge >= 0.3 is 0 Å². The average Bonchev–Trinajstić information content (AvgIpc) is 2.78. The van der Waals surface area contributed by atoms with Gasteiger partial charge in [0.2, 0.25) is 11.6 Å². The fraction of sp³-hybridized carbons (Fsp3) is 0.750. The van der Waals surface area contributed by atoms with E-state index in [4.69, 9.17) is 0 Å². The van der Waals surface area contributed by atoms with Crippen molar-refractivity contribution in [3.05, 3.63) is 0 Å². The minimum absolute atomic E-state index is 0.138. The molecule has 18 heavy (non-hydrogen) atoms. The maximum atomic E-state index is 11.7. The third-order valence-corrected chi connectivity index (χ3v) is 6.06. The molecule has 102 valence electrons. The molecule has 2 aliphatic rings. The van der Waals surface area contributed by atoms with E-state index in [1.165, 1.54) is 0 Å². The van der Waals surface area contributed by atoms with Crippen LogP contribution < -0.4 is 0 Å². The van der Waals surface area contributed by atoms with E-state index < -0.39 is 42.3 Å². The fourth-order valence-electron chi connectivity index (χ4n) is 1.84. The van der Waals surface area contributed by atoms with Crippen molar-refractivity contribution in [1.29, 1.82) is 0 Å². The van der Waals surface area contributed by atoms with Crippen molar-refractivity contribution in [2.45, 2.75) is 23.3 Å². The molecule has 0 N–H and O–H groups in total. The zero-order valence-electron chi connectivity index (χ0n) is 9.07. The number of hydrogen-bond acceptors (Lipinski definition) is 8. The Morgan fingerprint density at radius 1 is 0.778 bits per heavy atom. The van der Waals surface area contributed by atoms with Crippen molar-refractivity contribution in [3.63, 3.8) is 0 Å². The quantitative estimate of drug-likeness (QED) is 0.449. The van der Waals surface area contributed by atoms with Crippen LogP contribution in [0.3, 0.4) is 0 Å². The molecular weight excluding hydrogens is 288 g/mol. The van der Waals surface area contributed by atoms with Crippen molar-refractivity contribution in [2.75, 3.05) is 13.2 Å². The largest absolute Gasteiger partial charge is 0.289 e. The van der Waals surface area contributed by atoms with Crippen LogP contribution in [0.2, 0.25) is 0 Å². The molecule has 0 spiro atoms. The Labute approximate surface area is 104 Å². The summed E-state index contributed by atoms with van der Waals surface area (Å²) in [5.41, 5.74) is 0. The SMILES string of the molecule is O=C(C(=O)C1CCOS1(=O)=O)C1CCOS1(=O)=O. The van der Waals surface area contributed by atoms with Crippen molar-refractivity contribution in [2.24, 2.45) is 0 Å². The number of rotatable bonds is 3. The molecular formula is C8H10O8S2. The minimum Gasteiger partial charge on any atom is -0.289 e. The van der Waals surface area contributed by atoms with E-state index in [1.54, 1.807) is 0 Å². The molecule has 0 aromatic heterocycles. The molecule has 0 aliphatic carbocycles. The molecule has 0 radical (unpaired) electrons. The molecule has 2 atom stereocenters. The first-order chi connectivity index (χ1) is 8.26. The summed E-state index contributed by atoms with van der Waals surface area (Å²) in [6.07, 6.45) is -0.277. The highest BCUT2D eigenvalue weighted by Crippen LogP contribution is 2.23. The first kappa shape index (κ1) is 13.6. The molecule has 10 heteroatoms. The fourth-order valence-corrected chi connectivity index (χ4v) is 4.35. The number of Topliss-reactive ketones (excluding diaryl/α,β-unsaturated/α-hetero) is 2. The number of hydrogen-bond donors (Lipinski definition) is 0. The molecule has 2 unspecified atom stereocenters. The van der Waals surface area contributed by atoms with Crippen LogP contribution in [0.25, 0.3) is 0 Å². The summed E-state index contributed by atoms with van der Waals surface area (Å²) >= 11 is 0. The summed E-state index contributed by atoms with van der Waals surface area (Å²) < 4.78 is 53.9. The summed E-state index contributed by atoms with van der Waals surface area (Å²) in [6, 6.07) is 0. The molecule has 0 saturated carbocycles. The van der Waals surface area contributed by atoms with Crippen molar-refractivity contribution < 1.29 is 34.8 Å². The van der Waals surface area contributed by atoms with Gasteiger partial charge in [-0.25, -0.2) is 0 Å². The smallest absolute Gasteiger partial charge is 0.278 e. The standard InChI is InChI=1S/C8H10O8S2/c9-7(5-1-3-15-17(5,11)12)8(10)6-2-4-16-18(6,13)14/h5-6H,1-4H2. The third kappa shape index (κ3) is 2.20. The molecule has 8 nitrogen and oxygen atoms in total. The van der Waals surface area contributed by atoms with Gasteiger partial charge in [-0.1, -0.05) is 0 Å². The lowest BCUT2D eigenvalue weighted by molar-refractivity contribution is -0.136. The lowest BCUT2D eigenvalue weighted by atomic mass is 10.1. The third-order valence-electron chi connectivity index (χ3n) is 2.78. The summed E-state index contributed by atoms with van der Waals surface area (Å²) in [5, 5.41) is -3.19. The van der Waals surface area contributed by atoms with Crippen LogP contribution in [-0.2, 0) is 38.2 Å². The van der Waals surface area contributed by atoms with Crippen molar-refractivity contribution in [1.82, 2.24) is 0 Å². The van der Waals surface area contributed by atoms with E-state index in [0.29, 0.717) is 0 Å². The molecule has 2 fully saturated rings. The molecule has 2 heterocycles. The van der Waals surface area contributed by atoms with Gasteiger partial charge in [0.1, 0.15) is 0 Å². The summed E-state index contributed by atoms with van der Waals surface area (Å²) in [5.74, 6) is -2.49. The van der Waals surface area contributed by atoms with Gasteiger partial charge < -0.3 is 0 Å². The molecule has 2 aliphatic heterocycles. The van der Waals surface area contributed by atoms with Gasteiger partial charge in [-0.2, -0.15) is 16.8 Å². The van der Waals surface area contributed by atoms with Gasteiger partial charge in [-0.3, -0.25) is 18.0 Å². The maximum Gasteiger partial charge on any atom is 0.278 e. The topological polar surface area (TPSA) is 121 Å². The van der Waals surface area contributed by atoms with E-state index in [9.17, 15) is 26.4 Å². The Balaban J connectivity index is 2.23. The zero-order chi connectivity index (χ0) is 13.6. The molecule has 0 amide bonds. The van der Waals surface area contributed by atoms with Crippen LogP contribution >= 0.6 is 0 Å². The summed E-state index contributed by atoms with van der Waals surface area (Å²) in [7, 11) is -8.21. The van der Waals surface area contributed by atoms with Crippen LogP contribution in [0.4, 0.5) is 0 Å². The van der Waals surface area contributed by atoms with Crippen molar-refractivity contribution >= 4 is 31.8 Å². The van der Waals surface area contributed by atoms with Gasteiger partial charge in [0.05, 0.1) is 13.2 Å². The summed E-state index contributed by atoms with van der Waals surface area (Å²) in [4.78, 5) is 23.4. The predicted molar refractivity (Wildman–Crippen MR) is 56.6 cm³/mol. The Kier molecular flexibility index (Phi) is 3.30. The van der Waals surface area contributed by atoms with Gasteiger partial charge in [0.15, 0.2) is 10.5 Å². The average molecular weight is 298 g/mol. The highest BCUT2D eigenvalue weighted by Gasteiger charge is 2.48. The Morgan fingerprint density at radius 2 is 1.11 bits per heavy atom. The predicted octanol–water partition coefficient (Wildman–Crippen LogP) is -1.64. The van der Waals surface area contributed by atoms with E-state index >= 15 is 0 Å². The highest BCUT2D eigenvalue weighted by atomic mass is 32.2. The van der Waals surface area contributed by atoms with Crippen LogP contribution in [0.1, 0.15) is 12.8 Å². The molecule has 2 rings (SSSR count). The monoisotopic (exact) mass is 298 g/mol. The number of carbonyl (C=O) groups excluding carboxylic acids is 2. The number of ketones is 2. The lowest BCUT2D eigenvalue weighted by Gasteiger charge is -2.08. The zero-order valence-corrected chi connectivity index (χ0v) is 10.7. The first-order valence-electron chi connectivity index (χ1n) is 5.10. The van der Waals surface area contributed by atoms with Gasteiger partial charge in [-0.05, 0) is 12.8 Å². The van der Waals surface area contributed by atoms with E-state index in [1.807, 2.05) is 0 Å². The van der Waals surface area contributed by atoms with Crippen LogP contribution in [0, 0.1) is 0 Å². The second-order valence-corrected chi connectivity index (χ2v) is 7.49. The van der Waals surface area contributed by atoms with Crippen LogP contribution in [0.15, 0.2) is 0 Å². The van der Waals surface area contributed by atoms with E-state index in [2.05, 4.69) is 8.37 Å². The van der Waals surface area contributed by atoms with Gasteiger partial charge in [0, 0.05) is 0 Å². The minimum atomic E-state index is -4.10. The molecule has 0 aromatic carbocycles. The Hall–Kier alpha value is -0.840. The van der Waals surface area contributed by atoms with E-state index in [0.717, 1.165) is 0 Å². The second-order valence-electron chi connectivity index (χ2n) is 3.91. The van der Waals surface area contributed by atoms with Gasteiger partial charge in [-0.15, -0.1) is 0 Å². The molecule has 2 saturated heterocycles. The van der Waals surface area contributed by atoms with Crippen molar-refractivity contribution in [3.8, 4) is 0 Å². The lowest BCUT2D eigenvalue weighted by Crippen LogP contribution is -2.40. The molecule has 0 bridgehead atoms. The second kappa shape index (κ2) is 4.37. The van der Waals surface area contributed by atoms with Crippen LogP contribution in [-0.4, -0.2) is 52.1 Å². The van der Waals surface area contributed by atoms with Crippen LogP contribution in [0.5, 0.6) is 0 Å². The Morgan fingerprint density at radius 3 is 1.33 bits per heavy atom. The summed E-state index contributed by atoms with van der Waals surface area (Å²) in [6.45, 7) is -0.361. The molecule has 0 aromatic rings.